The van der Waals surface area contributed by atoms with E-state index in [1.54, 1.807) is 18.2 Å². The Morgan fingerprint density at radius 1 is 1.25 bits per heavy atom. The van der Waals surface area contributed by atoms with Gasteiger partial charge in [0.1, 0.15) is 0 Å². The predicted molar refractivity (Wildman–Crippen MR) is 125 cm³/mol. The molecule has 0 aliphatic carbocycles. The Morgan fingerprint density at radius 3 is 2.94 bits per heavy atom. The number of carbonyl (C=O) groups excluding carboxylic acids is 1. The third-order valence-electron chi connectivity index (χ3n) is 5.61. The average Bonchev–Trinajstić information content (AvgIpc) is 3.44. The van der Waals surface area contributed by atoms with Crippen molar-refractivity contribution in [1.82, 2.24) is 19.9 Å². The number of nitrogens with zero attached hydrogens (tertiary/aromatic N) is 3. The summed E-state index contributed by atoms with van der Waals surface area (Å²) in [6.07, 6.45) is 2.05. The Labute approximate surface area is 188 Å². The SMILES string of the molecule is Cc1ccc(C)c(Nc2nn3c(=O)c4ccc(C(=O)NC[C@H]5CCCO5)cc4nc3s2)c1. The molecule has 164 valence electrons. The Balaban J connectivity index is 1.44. The average molecular weight is 450 g/mol. The van der Waals surface area contributed by atoms with Crippen molar-refractivity contribution in [3.8, 4) is 0 Å². The normalized spacial score (nSPS) is 16.0. The second kappa shape index (κ2) is 8.33. The van der Waals surface area contributed by atoms with Crippen LogP contribution in [-0.4, -0.2) is 39.8 Å². The maximum Gasteiger partial charge on any atom is 0.283 e. The van der Waals surface area contributed by atoms with Gasteiger partial charge in [-0.15, -0.1) is 5.10 Å². The van der Waals surface area contributed by atoms with Gasteiger partial charge in [0, 0.05) is 24.4 Å². The number of hydrogen-bond donors (Lipinski definition) is 2. The molecule has 2 aromatic carbocycles. The van der Waals surface area contributed by atoms with Gasteiger partial charge in [0.05, 0.1) is 17.0 Å². The van der Waals surface area contributed by atoms with E-state index >= 15 is 0 Å². The van der Waals surface area contributed by atoms with Crippen LogP contribution in [0.3, 0.4) is 0 Å². The molecule has 0 radical (unpaired) electrons. The van der Waals surface area contributed by atoms with E-state index in [1.165, 1.54) is 15.9 Å². The lowest BCUT2D eigenvalue weighted by Crippen LogP contribution is -2.31. The Kier molecular flexibility index (Phi) is 5.36. The van der Waals surface area contributed by atoms with E-state index in [-0.39, 0.29) is 17.6 Å². The maximum absolute atomic E-state index is 13.0. The largest absolute Gasteiger partial charge is 0.376 e. The number of aromatic nitrogens is 3. The van der Waals surface area contributed by atoms with Gasteiger partial charge in [0.25, 0.3) is 11.5 Å². The summed E-state index contributed by atoms with van der Waals surface area (Å²) in [7, 11) is 0. The van der Waals surface area contributed by atoms with Gasteiger partial charge in [-0.05, 0) is 62.1 Å². The molecule has 5 rings (SSSR count). The van der Waals surface area contributed by atoms with Crippen molar-refractivity contribution in [1.29, 1.82) is 0 Å². The van der Waals surface area contributed by atoms with Crippen LogP contribution in [0, 0.1) is 13.8 Å². The molecule has 2 N–H and O–H groups in total. The molecule has 1 amide bonds. The molecule has 32 heavy (non-hydrogen) atoms. The number of anilines is 2. The zero-order chi connectivity index (χ0) is 22.2. The number of fused-ring (bicyclic) bond motifs is 2. The van der Waals surface area contributed by atoms with Crippen LogP contribution in [0.25, 0.3) is 15.9 Å². The molecular formula is C23H23N5O3S. The summed E-state index contributed by atoms with van der Waals surface area (Å²) >= 11 is 1.29. The van der Waals surface area contributed by atoms with E-state index in [2.05, 4.69) is 20.7 Å². The molecule has 8 nitrogen and oxygen atoms in total. The lowest BCUT2D eigenvalue weighted by Gasteiger charge is -2.11. The summed E-state index contributed by atoms with van der Waals surface area (Å²) < 4.78 is 6.85. The topological polar surface area (TPSA) is 97.6 Å². The fourth-order valence-electron chi connectivity index (χ4n) is 3.80. The molecule has 3 heterocycles. The number of nitrogens with one attached hydrogen (secondary N) is 2. The van der Waals surface area contributed by atoms with Crippen molar-refractivity contribution in [2.24, 2.45) is 0 Å². The first-order valence-electron chi connectivity index (χ1n) is 10.6. The van der Waals surface area contributed by atoms with Crippen molar-refractivity contribution in [3.05, 3.63) is 63.4 Å². The third kappa shape index (κ3) is 3.96. The molecular weight excluding hydrogens is 426 g/mol. The number of hydrogen-bond acceptors (Lipinski definition) is 7. The van der Waals surface area contributed by atoms with Gasteiger partial charge in [-0.3, -0.25) is 9.59 Å². The van der Waals surface area contributed by atoms with Crippen LogP contribution >= 0.6 is 11.3 Å². The highest BCUT2D eigenvalue weighted by molar-refractivity contribution is 7.20. The van der Waals surface area contributed by atoms with Crippen molar-refractivity contribution in [2.45, 2.75) is 32.8 Å². The van der Waals surface area contributed by atoms with Gasteiger partial charge in [0.2, 0.25) is 10.1 Å². The standard InChI is InChI=1S/C23H23N5O3S/c1-13-5-6-14(2)18(10-13)25-22-27-28-21(30)17-8-7-15(11-19(17)26-23(28)32-22)20(29)24-12-16-4-3-9-31-16/h5-8,10-11,16H,3-4,9,12H2,1-2H3,(H,24,29)(H,25,27)/t16-/m1/s1. The fraction of sp³-hybridized carbons (Fsp3) is 0.304. The Hall–Kier alpha value is -3.30. The van der Waals surface area contributed by atoms with Crippen LogP contribution in [0.4, 0.5) is 10.8 Å². The van der Waals surface area contributed by atoms with Crippen LogP contribution in [0.15, 0.2) is 41.2 Å². The van der Waals surface area contributed by atoms with E-state index in [0.717, 1.165) is 36.3 Å². The number of ether oxygens (including phenoxy) is 1. The highest BCUT2D eigenvalue weighted by Crippen LogP contribution is 2.26. The van der Waals surface area contributed by atoms with Gasteiger partial charge in [0.15, 0.2) is 0 Å². The van der Waals surface area contributed by atoms with E-state index in [0.29, 0.717) is 33.1 Å². The summed E-state index contributed by atoms with van der Waals surface area (Å²) in [6, 6.07) is 11.1. The molecule has 0 saturated carbocycles. The molecule has 4 aromatic rings. The quantitative estimate of drug-likeness (QED) is 0.483. The van der Waals surface area contributed by atoms with Crippen molar-refractivity contribution in [3.63, 3.8) is 0 Å². The van der Waals surface area contributed by atoms with E-state index in [9.17, 15) is 9.59 Å². The zero-order valence-corrected chi connectivity index (χ0v) is 18.7. The summed E-state index contributed by atoms with van der Waals surface area (Å²) in [4.78, 5) is 30.6. The van der Waals surface area contributed by atoms with Crippen LogP contribution < -0.4 is 16.2 Å². The van der Waals surface area contributed by atoms with Gasteiger partial charge >= 0.3 is 0 Å². The molecule has 0 bridgehead atoms. The molecule has 1 saturated heterocycles. The molecule has 2 aromatic heterocycles. The van der Waals surface area contributed by atoms with Gasteiger partial charge in [-0.25, -0.2) is 4.98 Å². The van der Waals surface area contributed by atoms with Crippen molar-refractivity contribution >= 4 is 43.9 Å². The van der Waals surface area contributed by atoms with E-state index in [4.69, 9.17) is 4.74 Å². The summed E-state index contributed by atoms with van der Waals surface area (Å²) in [5, 5.41) is 11.6. The zero-order valence-electron chi connectivity index (χ0n) is 17.8. The monoisotopic (exact) mass is 449 g/mol. The van der Waals surface area contributed by atoms with Gasteiger partial charge in [-0.2, -0.15) is 4.52 Å². The predicted octanol–water partition coefficient (Wildman–Crippen LogP) is 3.57. The van der Waals surface area contributed by atoms with Crippen LogP contribution in [0.2, 0.25) is 0 Å². The third-order valence-corrected chi connectivity index (χ3v) is 6.43. The first-order valence-corrected chi connectivity index (χ1v) is 11.4. The second-order valence-corrected chi connectivity index (χ2v) is 8.99. The lowest BCUT2D eigenvalue weighted by atomic mass is 10.1. The van der Waals surface area contributed by atoms with E-state index < -0.39 is 0 Å². The maximum atomic E-state index is 13.0. The highest BCUT2D eigenvalue weighted by Gasteiger charge is 2.18. The molecule has 0 spiro atoms. The Morgan fingerprint density at radius 2 is 2.12 bits per heavy atom. The molecule has 1 fully saturated rings. The number of carbonyl (C=O) groups is 1. The van der Waals surface area contributed by atoms with Gasteiger partial charge < -0.3 is 15.4 Å². The van der Waals surface area contributed by atoms with Crippen LogP contribution in [0.1, 0.15) is 34.3 Å². The minimum Gasteiger partial charge on any atom is -0.376 e. The second-order valence-electron chi connectivity index (χ2n) is 8.04. The van der Waals surface area contributed by atoms with Crippen molar-refractivity contribution < 1.29 is 9.53 Å². The first kappa shape index (κ1) is 20.6. The minimum absolute atomic E-state index is 0.0713. The molecule has 1 atom stereocenters. The highest BCUT2D eigenvalue weighted by atomic mass is 32.1. The minimum atomic E-state index is -0.262. The number of rotatable bonds is 5. The summed E-state index contributed by atoms with van der Waals surface area (Å²) in [5.41, 5.74) is 3.82. The summed E-state index contributed by atoms with van der Waals surface area (Å²) in [5.74, 6) is -0.203. The lowest BCUT2D eigenvalue weighted by molar-refractivity contribution is 0.0858. The number of aryl methyl sites for hydroxylation is 2. The summed E-state index contributed by atoms with van der Waals surface area (Å²) in [6.45, 7) is 5.26. The fourth-order valence-corrected chi connectivity index (χ4v) is 4.61. The smallest absolute Gasteiger partial charge is 0.283 e. The molecule has 0 unspecified atom stereocenters. The molecule has 1 aliphatic rings. The van der Waals surface area contributed by atoms with E-state index in [1.807, 2.05) is 32.0 Å². The first-order chi connectivity index (χ1) is 15.5. The molecule has 9 heteroatoms. The number of amides is 1. The van der Waals surface area contributed by atoms with Crippen LogP contribution in [0.5, 0.6) is 0 Å². The Bertz CT molecular complexity index is 1390. The van der Waals surface area contributed by atoms with Gasteiger partial charge in [-0.1, -0.05) is 23.5 Å². The number of benzene rings is 2. The van der Waals surface area contributed by atoms with Crippen molar-refractivity contribution in [2.75, 3.05) is 18.5 Å². The van der Waals surface area contributed by atoms with Crippen LogP contribution in [-0.2, 0) is 4.74 Å². The molecule has 1 aliphatic heterocycles.